The molecule has 1 aromatic rings. The van der Waals surface area contributed by atoms with Crippen molar-refractivity contribution in [3.05, 3.63) is 29.8 Å². The van der Waals surface area contributed by atoms with Gasteiger partial charge in [-0.2, -0.15) is 0 Å². The standard InChI is InChI=1S/C16H24N2O3/c1-20-9-8-17-10-13-4-6-15(7-5-13)21-12-16(19)18-11-14-2-3-14/h4-7,14,17H,2-3,8-12H2,1H3,(H,18,19). The Balaban J connectivity index is 1.62. The Labute approximate surface area is 126 Å². The number of nitrogens with one attached hydrogen (secondary N) is 2. The van der Waals surface area contributed by atoms with Crippen LogP contribution in [0, 0.1) is 5.92 Å². The molecule has 1 fully saturated rings. The van der Waals surface area contributed by atoms with Gasteiger partial charge < -0.3 is 20.1 Å². The summed E-state index contributed by atoms with van der Waals surface area (Å²) in [6.45, 7) is 3.20. The van der Waals surface area contributed by atoms with Gasteiger partial charge in [-0.25, -0.2) is 0 Å². The second kappa shape index (κ2) is 8.64. The van der Waals surface area contributed by atoms with Gasteiger partial charge in [0, 0.05) is 26.7 Å². The van der Waals surface area contributed by atoms with E-state index in [0.717, 1.165) is 25.4 Å². The minimum atomic E-state index is -0.0489. The number of hydrogen-bond acceptors (Lipinski definition) is 4. The van der Waals surface area contributed by atoms with Gasteiger partial charge in [0.2, 0.25) is 0 Å². The second-order valence-electron chi connectivity index (χ2n) is 5.35. The van der Waals surface area contributed by atoms with Crippen molar-refractivity contribution in [1.82, 2.24) is 10.6 Å². The molecule has 0 unspecified atom stereocenters. The highest BCUT2D eigenvalue weighted by molar-refractivity contribution is 5.77. The van der Waals surface area contributed by atoms with Crippen LogP contribution in [0.25, 0.3) is 0 Å². The van der Waals surface area contributed by atoms with Gasteiger partial charge in [0.05, 0.1) is 6.61 Å². The first kappa shape index (κ1) is 15.8. The number of methoxy groups -OCH3 is 1. The van der Waals surface area contributed by atoms with Crippen molar-refractivity contribution in [2.24, 2.45) is 5.92 Å². The van der Waals surface area contributed by atoms with E-state index in [1.54, 1.807) is 7.11 Å². The fourth-order valence-corrected chi connectivity index (χ4v) is 1.89. The Bertz CT molecular complexity index is 430. The molecule has 0 spiro atoms. The Morgan fingerprint density at radius 1 is 1.29 bits per heavy atom. The number of rotatable bonds is 10. The lowest BCUT2D eigenvalue weighted by Crippen LogP contribution is -2.30. The molecule has 0 aliphatic heterocycles. The average Bonchev–Trinajstić information content (AvgIpc) is 3.33. The highest BCUT2D eigenvalue weighted by Gasteiger charge is 2.21. The summed E-state index contributed by atoms with van der Waals surface area (Å²) in [4.78, 5) is 11.6. The van der Waals surface area contributed by atoms with Crippen LogP contribution in [-0.4, -0.2) is 39.3 Å². The predicted molar refractivity (Wildman–Crippen MR) is 81.3 cm³/mol. The summed E-state index contributed by atoms with van der Waals surface area (Å²) in [5.41, 5.74) is 1.18. The second-order valence-corrected chi connectivity index (χ2v) is 5.35. The number of amides is 1. The lowest BCUT2D eigenvalue weighted by Gasteiger charge is -2.08. The van der Waals surface area contributed by atoms with Crippen LogP contribution in [0.3, 0.4) is 0 Å². The van der Waals surface area contributed by atoms with Gasteiger partial charge in [-0.1, -0.05) is 12.1 Å². The average molecular weight is 292 g/mol. The summed E-state index contributed by atoms with van der Waals surface area (Å²) < 4.78 is 10.4. The first-order valence-electron chi connectivity index (χ1n) is 7.46. The number of benzene rings is 1. The maximum atomic E-state index is 11.6. The van der Waals surface area contributed by atoms with Gasteiger partial charge in [-0.05, 0) is 36.5 Å². The zero-order valence-corrected chi connectivity index (χ0v) is 12.6. The van der Waals surface area contributed by atoms with E-state index in [0.29, 0.717) is 12.5 Å². The summed E-state index contributed by atoms with van der Waals surface area (Å²) in [6.07, 6.45) is 2.47. The van der Waals surface area contributed by atoms with Crippen LogP contribution < -0.4 is 15.4 Å². The molecule has 0 aromatic heterocycles. The van der Waals surface area contributed by atoms with Gasteiger partial charge in [0.1, 0.15) is 5.75 Å². The molecule has 116 valence electrons. The normalized spacial score (nSPS) is 14.0. The summed E-state index contributed by atoms with van der Waals surface area (Å²) >= 11 is 0. The molecular formula is C16H24N2O3. The van der Waals surface area contributed by atoms with E-state index in [1.807, 2.05) is 24.3 Å². The van der Waals surface area contributed by atoms with Crippen LogP contribution in [0.2, 0.25) is 0 Å². The van der Waals surface area contributed by atoms with Gasteiger partial charge in [0.25, 0.3) is 5.91 Å². The SMILES string of the molecule is COCCNCc1ccc(OCC(=O)NCC2CC2)cc1. The molecule has 1 amide bonds. The van der Waals surface area contributed by atoms with Crippen LogP contribution in [-0.2, 0) is 16.1 Å². The number of carbonyl (C=O) groups excluding carboxylic acids is 1. The van der Waals surface area contributed by atoms with Crippen LogP contribution >= 0.6 is 0 Å². The summed E-state index contributed by atoms with van der Waals surface area (Å²) in [7, 11) is 1.69. The minimum Gasteiger partial charge on any atom is -0.484 e. The molecule has 21 heavy (non-hydrogen) atoms. The number of ether oxygens (including phenoxy) is 2. The van der Waals surface area contributed by atoms with Gasteiger partial charge >= 0.3 is 0 Å². The maximum absolute atomic E-state index is 11.6. The molecule has 1 aromatic carbocycles. The molecule has 5 heteroatoms. The van der Waals surface area contributed by atoms with E-state index in [1.165, 1.54) is 18.4 Å². The van der Waals surface area contributed by atoms with Crippen molar-refractivity contribution in [3.63, 3.8) is 0 Å². The van der Waals surface area contributed by atoms with E-state index in [2.05, 4.69) is 10.6 Å². The highest BCUT2D eigenvalue weighted by atomic mass is 16.5. The van der Waals surface area contributed by atoms with Crippen LogP contribution in [0.5, 0.6) is 5.75 Å². The van der Waals surface area contributed by atoms with Crippen molar-refractivity contribution in [3.8, 4) is 5.75 Å². The van der Waals surface area contributed by atoms with E-state index >= 15 is 0 Å². The Morgan fingerprint density at radius 3 is 2.71 bits per heavy atom. The molecule has 0 atom stereocenters. The molecule has 1 aliphatic rings. The molecule has 0 radical (unpaired) electrons. The smallest absolute Gasteiger partial charge is 0.257 e. The monoisotopic (exact) mass is 292 g/mol. The largest absolute Gasteiger partial charge is 0.484 e. The molecule has 0 heterocycles. The molecule has 0 bridgehead atoms. The third kappa shape index (κ3) is 6.60. The zero-order chi connectivity index (χ0) is 14.9. The molecular weight excluding hydrogens is 268 g/mol. The zero-order valence-electron chi connectivity index (χ0n) is 12.6. The summed E-state index contributed by atoms with van der Waals surface area (Å²) in [5.74, 6) is 1.36. The van der Waals surface area contributed by atoms with Gasteiger partial charge in [-0.15, -0.1) is 0 Å². The lowest BCUT2D eigenvalue weighted by molar-refractivity contribution is -0.123. The van der Waals surface area contributed by atoms with E-state index in [4.69, 9.17) is 9.47 Å². The third-order valence-electron chi connectivity index (χ3n) is 3.39. The molecule has 0 saturated heterocycles. The van der Waals surface area contributed by atoms with E-state index < -0.39 is 0 Å². The molecule has 2 rings (SSSR count). The number of hydrogen-bond donors (Lipinski definition) is 2. The van der Waals surface area contributed by atoms with Crippen molar-refractivity contribution in [2.75, 3.05) is 33.4 Å². The molecule has 5 nitrogen and oxygen atoms in total. The molecule has 1 saturated carbocycles. The molecule has 1 aliphatic carbocycles. The van der Waals surface area contributed by atoms with Crippen LogP contribution in [0.4, 0.5) is 0 Å². The van der Waals surface area contributed by atoms with Crippen molar-refractivity contribution in [2.45, 2.75) is 19.4 Å². The third-order valence-corrected chi connectivity index (χ3v) is 3.39. The maximum Gasteiger partial charge on any atom is 0.257 e. The first-order chi connectivity index (χ1) is 10.3. The van der Waals surface area contributed by atoms with Gasteiger partial charge in [-0.3, -0.25) is 4.79 Å². The topological polar surface area (TPSA) is 59.6 Å². The first-order valence-corrected chi connectivity index (χ1v) is 7.46. The van der Waals surface area contributed by atoms with Crippen molar-refractivity contribution < 1.29 is 14.3 Å². The Hall–Kier alpha value is -1.59. The van der Waals surface area contributed by atoms with E-state index in [9.17, 15) is 4.79 Å². The Kier molecular flexibility index (Phi) is 6.50. The number of carbonyl (C=O) groups is 1. The van der Waals surface area contributed by atoms with Crippen molar-refractivity contribution >= 4 is 5.91 Å². The van der Waals surface area contributed by atoms with Crippen LogP contribution in [0.15, 0.2) is 24.3 Å². The Morgan fingerprint density at radius 2 is 2.05 bits per heavy atom. The lowest BCUT2D eigenvalue weighted by atomic mass is 10.2. The quantitative estimate of drug-likeness (QED) is 0.639. The van der Waals surface area contributed by atoms with Crippen LogP contribution in [0.1, 0.15) is 18.4 Å². The predicted octanol–water partition coefficient (Wildman–Crippen LogP) is 1.33. The summed E-state index contributed by atoms with van der Waals surface area (Å²) in [6, 6.07) is 7.78. The fraction of sp³-hybridized carbons (Fsp3) is 0.562. The minimum absolute atomic E-state index is 0.0489. The molecule has 2 N–H and O–H groups in total. The van der Waals surface area contributed by atoms with E-state index in [-0.39, 0.29) is 12.5 Å². The van der Waals surface area contributed by atoms with Gasteiger partial charge in [0.15, 0.2) is 6.61 Å². The highest BCUT2D eigenvalue weighted by Crippen LogP contribution is 2.27. The van der Waals surface area contributed by atoms with Crippen molar-refractivity contribution in [1.29, 1.82) is 0 Å². The fourth-order valence-electron chi connectivity index (χ4n) is 1.89. The summed E-state index contributed by atoms with van der Waals surface area (Å²) in [5, 5.41) is 6.16.